The van der Waals surface area contributed by atoms with E-state index in [9.17, 15) is 19.2 Å². The van der Waals surface area contributed by atoms with E-state index >= 15 is 0 Å². The Hall–Kier alpha value is -4.08. The van der Waals surface area contributed by atoms with Crippen LogP contribution in [0.4, 0.5) is 0 Å². The summed E-state index contributed by atoms with van der Waals surface area (Å²) < 4.78 is 10.9. The van der Waals surface area contributed by atoms with E-state index in [4.69, 9.17) is 9.47 Å². The molecule has 2 aromatic carbocycles. The van der Waals surface area contributed by atoms with Gasteiger partial charge in [0.15, 0.2) is 0 Å². The zero-order valence-corrected chi connectivity index (χ0v) is 29.4. The van der Waals surface area contributed by atoms with Crippen molar-refractivity contribution < 1.29 is 28.7 Å². The molecule has 3 atom stereocenters. The molecule has 3 unspecified atom stereocenters. The number of amides is 4. The summed E-state index contributed by atoms with van der Waals surface area (Å²) in [6, 6.07) is 17.2. The van der Waals surface area contributed by atoms with Gasteiger partial charge < -0.3 is 30.3 Å². The largest absolute Gasteiger partial charge is 0.497 e. The van der Waals surface area contributed by atoms with Crippen molar-refractivity contribution in [2.24, 2.45) is 0 Å². The number of carbonyl (C=O) groups excluding carboxylic acids is 4. The highest BCUT2D eigenvalue weighted by Crippen LogP contribution is 2.20. The number of likely N-dealkylation sites (tertiary alicyclic amines) is 1. The van der Waals surface area contributed by atoms with Crippen LogP contribution in [0.5, 0.6) is 11.5 Å². The molecule has 1 aliphatic heterocycles. The van der Waals surface area contributed by atoms with E-state index in [-0.39, 0.29) is 30.4 Å². The van der Waals surface area contributed by atoms with Crippen LogP contribution in [0.1, 0.15) is 91.5 Å². The van der Waals surface area contributed by atoms with Gasteiger partial charge in [0.1, 0.15) is 17.5 Å². The fraction of sp³-hybridized carbons (Fsp3) is 0.568. The first kappa shape index (κ1) is 40.9. The molecule has 1 saturated heterocycles. The summed E-state index contributed by atoms with van der Waals surface area (Å²) in [4.78, 5) is 49.4. The first-order valence-electron chi connectivity index (χ1n) is 17.2. The number of methoxy groups -OCH3 is 1. The van der Waals surface area contributed by atoms with Gasteiger partial charge in [-0.3, -0.25) is 19.2 Å². The van der Waals surface area contributed by atoms with E-state index in [1.54, 1.807) is 7.11 Å². The lowest BCUT2D eigenvalue weighted by Crippen LogP contribution is -2.51. The van der Waals surface area contributed by atoms with E-state index < -0.39 is 11.9 Å². The molecule has 1 fully saturated rings. The van der Waals surface area contributed by atoms with Gasteiger partial charge in [-0.25, -0.2) is 0 Å². The average molecular weight is 655 g/mol. The third-order valence-electron chi connectivity index (χ3n) is 7.68. The first-order valence-corrected chi connectivity index (χ1v) is 17.2. The van der Waals surface area contributed by atoms with Gasteiger partial charge in [0.2, 0.25) is 24.1 Å². The first-order chi connectivity index (χ1) is 22.8. The summed E-state index contributed by atoms with van der Waals surface area (Å²) in [6.45, 7) is 11.4. The highest BCUT2D eigenvalue weighted by atomic mass is 16.5. The number of carbonyl (C=O) groups is 4. The maximum atomic E-state index is 12.9. The maximum absolute atomic E-state index is 12.9. The van der Waals surface area contributed by atoms with Crippen molar-refractivity contribution in [2.45, 2.75) is 111 Å². The van der Waals surface area contributed by atoms with E-state index in [2.05, 4.69) is 35.9 Å². The molecular formula is C37H58N4O6. The number of hydrogen-bond acceptors (Lipinski definition) is 6. The number of benzene rings is 2. The van der Waals surface area contributed by atoms with Crippen LogP contribution in [0.3, 0.4) is 0 Å². The second-order valence-electron chi connectivity index (χ2n) is 11.3. The average Bonchev–Trinajstić information content (AvgIpc) is 3.54. The molecule has 0 spiro atoms. The van der Waals surface area contributed by atoms with Crippen molar-refractivity contribution in [1.82, 2.24) is 20.9 Å². The third kappa shape index (κ3) is 16.9. The van der Waals surface area contributed by atoms with Gasteiger partial charge in [-0.15, -0.1) is 0 Å². The molecule has 1 aliphatic rings. The van der Waals surface area contributed by atoms with Crippen molar-refractivity contribution in [3.8, 4) is 11.5 Å². The molecule has 47 heavy (non-hydrogen) atoms. The monoisotopic (exact) mass is 654 g/mol. The molecule has 10 heteroatoms. The van der Waals surface area contributed by atoms with Crippen LogP contribution in [0, 0.1) is 0 Å². The fourth-order valence-corrected chi connectivity index (χ4v) is 5.22. The Balaban J connectivity index is 0.000000946. The van der Waals surface area contributed by atoms with Gasteiger partial charge >= 0.3 is 0 Å². The van der Waals surface area contributed by atoms with Crippen LogP contribution in [-0.2, 0) is 25.6 Å². The summed E-state index contributed by atoms with van der Waals surface area (Å²) in [6.07, 6.45) is 7.40. The Morgan fingerprint density at radius 3 is 2.30 bits per heavy atom. The van der Waals surface area contributed by atoms with Gasteiger partial charge in [-0.2, -0.15) is 0 Å². The van der Waals surface area contributed by atoms with Crippen molar-refractivity contribution >= 4 is 24.1 Å². The summed E-state index contributed by atoms with van der Waals surface area (Å²) in [5, 5.41) is 8.11. The minimum absolute atomic E-state index is 0.0759. The van der Waals surface area contributed by atoms with Crippen LogP contribution in [0.15, 0.2) is 54.6 Å². The molecular weight excluding hydrogens is 596 g/mol. The van der Waals surface area contributed by atoms with Gasteiger partial charge in [-0.1, -0.05) is 64.4 Å². The Morgan fingerprint density at radius 1 is 0.979 bits per heavy atom. The molecule has 3 N–H and O–H groups in total. The quantitative estimate of drug-likeness (QED) is 0.137. The molecule has 0 bridgehead atoms. The smallest absolute Gasteiger partial charge is 0.242 e. The Kier molecular flexibility index (Phi) is 21.8. The number of hydrogen-bond donors (Lipinski definition) is 3. The normalized spacial score (nSPS) is 13.8. The summed E-state index contributed by atoms with van der Waals surface area (Å²) >= 11 is 0. The van der Waals surface area contributed by atoms with Crippen molar-refractivity contribution in [3.05, 3.63) is 60.2 Å². The SMILES string of the molecule is CC.CCCC(CC)NC(=O)C(CCCCOc1cccc(CC(C)N2CCCC2=O)c1)NC(=O)CNC=O.COc1ccccc1. The molecule has 0 saturated carbocycles. The molecule has 0 radical (unpaired) electrons. The molecule has 0 aromatic heterocycles. The molecule has 0 aliphatic carbocycles. The lowest BCUT2D eigenvalue weighted by Gasteiger charge is -2.24. The van der Waals surface area contributed by atoms with Gasteiger partial charge in [0.25, 0.3) is 0 Å². The predicted octanol–water partition coefficient (Wildman–Crippen LogP) is 5.44. The number of nitrogens with one attached hydrogen (secondary N) is 3. The van der Waals surface area contributed by atoms with Crippen molar-refractivity contribution in [1.29, 1.82) is 0 Å². The Morgan fingerprint density at radius 2 is 1.70 bits per heavy atom. The number of unbranched alkanes of at least 4 members (excludes halogenated alkanes) is 1. The minimum atomic E-state index is -0.662. The second-order valence-corrected chi connectivity index (χ2v) is 11.3. The molecule has 2 aromatic rings. The zero-order chi connectivity index (χ0) is 34.9. The van der Waals surface area contributed by atoms with Crippen LogP contribution in [-0.4, -0.2) is 74.0 Å². The number of para-hydroxylation sites is 1. The Labute approximate surface area is 282 Å². The molecule has 262 valence electrons. The number of ether oxygens (including phenoxy) is 2. The van der Waals surface area contributed by atoms with Crippen molar-refractivity contribution in [3.63, 3.8) is 0 Å². The molecule has 10 nitrogen and oxygen atoms in total. The van der Waals surface area contributed by atoms with Gasteiger partial charge in [-0.05, 0) is 81.7 Å². The van der Waals surface area contributed by atoms with Crippen LogP contribution >= 0.6 is 0 Å². The highest BCUT2D eigenvalue weighted by Gasteiger charge is 2.25. The number of rotatable bonds is 19. The predicted molar refractivity (Wildman–Crippen MR) is 187 cm³/mol. The van der Waals surface area contributed by atoms with Crippen LogP contribution in [0.2, 0.25) is 0 Å². The molecule has 4 amide bonds. The van der Waals surface area contributed by atoms with E-state index in [0.29, 0.717) is 32.3 Å². The second kappa shape index (κ2) is 25.1. The van der Waals surface area contributed by atoms with E-state index in [0.717, 1.165) is 62.1 Å². The lowest BCUT2D eigenvalue weighted by molar-refractivity contribution is -0.129. The standard InChI is InChI=1S/C28H44N4O5.C7H8O.C2H6/c1-4-10-23(5-2)30-28(36)25(31-26(34)19-29-20-33)13-6-7-16-37-24-12-8-11-22(18-24)17-21(3)32-15-9-14-27(32)35;1-8-7-5-3-2-4-6-7;1-2/h8,11-12,18,20-21,23,25H,4-7,9-10,13-17,19H2,1-3H3,(H,29,33)(H,30,36)(H,31,34);2-6H,1H3;1-2H3. The lowest BCUT2D eigenvalue weighted by atomic mass is 10.1. The van der Waals surface area contributed by atoms with Crippen molar-refractivity contribution in [2.75, 3.05) is 26.8 Å². The zero-order valence-electron chi connectivity index (χ0n) is 29.4. The topological polar surface area (TPSA) is 126 Å². The fourth-order valence-electron chi connectivity index (χ4n) is 5.22. The number of nitrogens with zero attached hydrogens (tertiary/aromatic N) is 1. The van der Waals surface area contributed by atoms with Crippen LogP contribution < -0.4 is 25.4 Å². The van der Waals surface area contributed by atoms with Gasteiger partial charge in [0.05, 0.1) is 20.3 Å². The summed E-state index contributed by atoms with van der Waals surface area (Å²) in [5.41, 5.74) is 1.13. The third-order valence-corrected chi connectivity index (χ3v) is 7.68. The molecule has 1 heterocycles. The Bertz CT molecular complexity index is 1160. The van der Waals surface area contributed by atoms with E-state index in [1.165, 1.54) is 0 Å². The summed E-state index contributed by atoms with van der Waals surface area (Å²) in [7, 11) is 1.66. The maximum Gasteiger partial charge on any atom is 0.242 e. The van der Waals surface area contributed by atoms with Crippen LogP contribution in [0.25, 0.3) is 0 Å². The van der Waals surface area contributed by atoms with E-state index in [1.807, 2.05) is 74.2 Å². The molecule has 3 rings (SSSR count). The highest BCUT2D eigenvalue weighted by molar-refractivity contribution is 5.89. The summed E-state index contributed by atoms with van der Waals surface area (Å²) in [5.74, 6) is 1.34. The van der Waals surface area contributed by atoms with Gasteiger partial charge in [0, 0.05) is 25.0 Å². The minimum Gasteiger partial charge on any atom is -0.497 e.